The van der Waals surface area contributed by atoms with E-state index in [1.807, 2.05) is 12.1 Å². The number of carbonyl (C=O) groups excluding carboxylic acids is 1. The van der Waals surface area contributed by atoms with Gasteiger partial charge >= 0.3 is 0 Å². The first kappa shape index (κ1) is 24.2. The maximum absolute atomic E-state index is 13.8. The normalized spacial score (nSPS) is 18.8. The van der Waals surface area contributed by atoms with Crippen molar-refractivity contribution in [3.8, 4) is 5.75 Å². The number of halogens is 1. The maximum atomic E-state index is 13.8. The quantitative estimate of drug-likeness (QED) is 0.622. The van der Waals surface area contributed by atoms with E-state index < -0.39 is 0 Å². The second-order valence-electron chi connectivity index (χ2n) is 8.93. The molecule has 0 saturated carbocycles. The third kappa shape index (κ3) is 5.67. The average molecular weight is 442 g/mol. The van der Waals surface area contributed by atoms with Crippen LogP contribution >= 0.6 is 0 Å². The molecule has 2 aromatic rings. The first-order valence-electron chi connectivity index (χ1n) is 11.4. The smallest absolute Gasteiger partial charge is 0.237 e. The Hall–Kier alpha value is -2.44. The second-order valence-corrected chi connectivity index (χ2v) is 8.93. The van der Waals surface area contributed by atoms with Crippen LogP contribution in [0.25, 0.3) is 0 Å². The number of hydrogen-bond donors (Lipinski definition) is 2. The lowest BCUT2D eigenvalue weighted by molar-refractivity contribution is -0.126. The summed E-state index contributed by atoms with van der Waals surface area (Å²) in [4.78, 5) is 15.2. The van der Waals surface area contributed by atoms with Gasteiger partial charge in [0.15, 0.2) is 0 Å². The molecule has 0 radical (unpaired) electrons. The average Bonchev–Trinajstić information content (AvgIpc) is 3.21. The van der Waals surface area contributed by atoms with Crippen molar-refractivity contribution in [1.82, 2.24) is 15.5 Å². The van der Waals surface area contributed by atoms with Crippen LogP contribution in [-0.2, 0) is 17.8 Å². The van der Waals surface area contributed by atoms with Gasteiger partial charge in [0.2, 0.25) is 5.91 Å². The summed E-state index contributed by atoms with van der Waals surface area (Å²) in [6, 6.07) is 11.2. The van der Waals surface area contributed by atoms with Crippen molar-refractivity contribution in [3.05, 3.63) is 64.5 Å². The maximum Gasteiger partial charge on any atom is 0.237 e. The molecule has 1 saturated heterocycles. The lowest BCUT2D eigenvalue weighted by Gasteiger charge is -2.27. The minimum atomic E-state index is -0.222. The Labute approximate surface area is 191 Å². The Morgan fingerprint density at radius 3 is 2.59 bits per heavy atom. The molecular weight excluding hydrogens is 405 g/mol. The second kappa shape index (κ2) is 10.9. The number of amides is 1. The van der Waals surface area contributed by atoms with Crippen LogP contribution in [0.4, 0.5) is 4.39 Å². The van der Waals surface area contributed by atoms with Gasteiger partial charge in [-0.15, -0.1) is 0 Å². The van der Waals surface area contributed by atoms with E-state index in [2.05, 4.69) is 49.3 Å². The van der Waals surface area contributed by atoms with Gasteiger partial charge in [-0.25, -0.2) is 4.39 Å². The van der Waals surface area contributed by atoms with Gasteiger partial charge in [0, 0.05) is 31.7 Å². The van der Waals surface area contributed by atoms with Gasteiger partial charge in [0.25, 0.3) is 0 Å². The third-order valence-electron chi connectivity index (χ3n) is 6.61. The van der Waals surface area contributed by atoms with Crippen molar-refractivity contribution >= 4 is 5.91 Å². The van der Waals surface area contributed by atoms with Crippen LogP contribution in [0.3, 0.4) is 0 Å². The highest BCUT2D eigenvalue weighted by Crippen LogP contribution is 2.25. The molecule has 0 unspecified atom stereocenters. The summed E-state index contributed by atoms with van der Waals surface area (Å²) < 4.78 is 19.2. The number of nitrogens with zero attached hydrogens (tertiary/aromatic N) is 1. The Bertz CT molecular complexity index is 931. The Morgan fingerprint density at radius 2 is 1.91 bits per heavy atom. The van der Waals surface area contributed by atoms with E-state index in [4.69, 9.17) is 4.74 Å². The number of ether oxygens (including phenoxy) is 1. The number of carbonyl (C=O) groups is 1. The van der Waals surface area contributed by atoms with E-state index >= 15 is 0 Å². The van der Waals surface area contributed by atoms with Crippen LogP contribution in [0.1, 0.15) is 42.5 Å². The zero-order valence-corrected chi connectivity index (χ0v) is 19.9. The van der Waals surface area contributed by atoms with Crippen molar-refractivity contribution in [2.75, 3.05) is 20.2 Å². The lowest BCUT2D eigenvalue weighted by Crippen LogP contribution is -2.46. The number of methoxy groups -OCH3 is 1. The minimum absolute atomic E-state index is 0.0239. The summed E-state index contributed by atoms with van der Waals surface area (Å²) in [5.41, 5.74) is 4.27. The van der Waals surface area contributed by atoms with Gasteiger partial charge < -0.3 is 15.4 Å². The molecule has 32 heavy (non-hydrogen) atoms. The summed E-state index contributed by atoms with van der Waals surface area (Å²) in [6.45, 7) is 10.5. The Kier molecular flexibility index (Phi) is 8.26. The van der Waals surface area contributed by atoms with Gasteiger partial charge in [-0.1, -0.05) is 24.3 Å². The molecule has 0 spiro atoms. The number of hydrogen-bond acceptors (Lipinski definition) is 4. The number of benzene rings is 2. The number of likely N-dealkylation sites (tertiary alicyclic amines) is 1. The molecule has 5 nitrogen and oxygen atoms in total. The molecule has 1 amide bonds. The van der Waals surface area contributed by atoms with Crippen LogP contribution in [-0.4, -0.2) is 49.1 Å². The van der Waals surface area contributed by atoms with E-state index in [-0.39, 0.29) is 29.8 Å². The zero-order chi connectivity index (χ0) is 23.3. The van der Waals surface area contributed by atoms with E-state index in [0.717, 1.165) is 30.8 Å². The van der Waals surface area contributed by atoms with Crippen LogP contribution < -0.4 is 15.4 Å². The standard InChI is InChI=1S/C26H36FN3O2/c1-17(2)30-16-22(29-15-21-10-11-25(32-5)19(4)18(21)3)14-24(30)26(31)28-13-12-20-8-6-7-9-23(20)27/h6-11,17,22,24,29H,12-16H2,1-5H3,(H,28,31)/t22-,24+/m1/s1. The van der Waals surface area contributed by atoms with Crippen LogP contribution in [0, 0.1) is 19.7 Å². The molecule has 2 atom stereocenters. The highest BCUT2D eigenvalue weighted by Gasteiger charge is 2.37. The van der Waals surface area contributed by atoms with Gasteiger partial charge in [-0.2, -0.15) is 0 Å². The highest BCUT2D eigenvalue weighted by atomic mass is 19.1. The predicted molar refractivity (Wildman–Crippen MR) is 126 cm³/mol. The van der Waals surface area contributed by atoms with Gasteiger partial charge in [-0.3, -0.25) is 9.69 Å². The molecule has 0 bridgehead atoms. The molecule has 6 heteroatoms. The van der Waals surface area contributed by atoms with E-state index in [9.17, 15) is 9.18 Å². The van der Waals surface area contributed by atoms with E-state index in [1.54, 1.807) is 19.2 Å². The van der Waals surface area contributed by atoms with Gasteiger partial charge in [0.1, 0.15) is 11.6 Å². The van der Waals surface area contributed by atoms with Gasteiger partial charge in [0.05, 0.1) is 13.2 Å². The lowest BCUT2D eigenvalue weighted by atomic mass is 10.0. The largest absolute Gasteiger partial charge is 0.496 e. The molecule has 1 aliphatic rings. The Balaban J connectivity index is 1.56. The first-order chi connectivity index (χ1) is 15.3. The number of nitrogens with one attached hydrogen (secondary N) is 2. The van der Waals surface area contributed by atoms with Crippen molar-refractivity contribution in [2.24, 2.45) is 0 Å². The van der Waals surface area contributed by atoms with Gasteiger partial charge in [-0.05, 0) is 74.9 Å². The first-order valence-corrected chi connectivity index (χ1v) is 11.4. The molecule has 2 aromatic carbocycles. The van der Waals surface area contributed by atoms with Crippen LogP contribution in [0.2, 0.25) is 0 Å². The topological polar surface area (TPSA) is 53.6 Å². The molecule has 1 fully saturated rings. The third-order valence-corrected chi connectivity index (χ3v) is 6.61. The summed E-state index contributed by atoms with van der Waals surface area (Å²) in [5, 5.41) is 6.67. The Morgan fingerprint density at radius 1 is 1.16 bits per heavy atom. The molecule has 1 heterocycles. The van der Waals surface area contributed by atoms with Crippen molar-refractivity contribution in [1.29, 1.82) is 0 Å². The van der Waals surface area contributed by atoms with Crippen molar-refractivity contribution in [3.63, 3.8) is 0 Å². The fraction of sp³-hybridized carbons (Fsp3) is 0.500. The molecule has 0 aromatic heterocycles. The monoisotopic (exact) mass is 441 g/mol. The summed E-state index contributed by atoms with van der Waals surface area (Å²) in [5.74, 6) is 0.709. The molecule has 1 aliphatic heterocycles. The van der Waals surface area contributed by atoms with Crippen LogP contribution in [0.5, 0.6) is 5.75 Å². The molecule has 174 valence electrons. The summed E-state index contributed by atoms with van der Waals surface area (Å²) >= 11 is 0. The van der Waals surface area contributed by atoms with Crippen molar-refractivity contribution in [2.45, 2.75) is 65.2 Å². The molecular formula is C26H36FN3O2. The van der Waals surface area contributed by atoms with E-state index in [0.29, 0.717) is 18.5 Å². The predicted octanol–water partition coefficient (Wildman–Crippen LogP) is 3.75. The van der Waals surface area contributed by atoms with Crippen molar-refractivity contribution < 1.29 is 13.9 Å². The molecule has 0 aliphatic carbocycles. The summed E-state index contributed by atoms with van der Waals surface area (Å²) in [6.07, 6.45) is 1.25. The van der Waals surface area contributed by atoms with Crippen LogP contribution in [0.15, 0.2) is 36.4 Å². The highest BCUT2D eigenvalue weighted by molar-refractivity contribution is 5.82. The van der Waals surface area contributed by atoms with E-state index in [1.165, 1.54) is 17.2 Å². The molecule has 2 N–H and O–H groups in total. The SMILES string of the molecule is COc1ccc(CN[C@@H]2C[C@@H](C(=O)NCCc3ccccc3F)N(C(C)C)C2)c(C)c1C. The summed E-state index contributed by atoms with van der Waals surface area (Å²) in [7, 11) is 1.69. The fourth-order valence-electron chi connectivity index (χ4n) is 4.50. The molecule has 3 rings (SSSR count). The zero-order valence-electron chi connectivity index (χ0n) is 19.9. The minimum Gasteiger partial charge on any atom is -0.496 e. The fourth-order valence-corrected chi connectivity index (χ4v) is 4.50. The number of rotatable bonds is 9.